The number of carbonyl (C=O) groups excluding carboxylic acids is 1. The van der Waals surface area contributed by atoms with E-state index in [2.05, 4.69) is 24.1 Å². The minimum absolute atomic E-state index is 0.229. The number of carbonyl (C=O) groups is 1. The summed E-state index contributed by atoms with van der Waals surface area (Å²) in [7, 11) is 0. The normalized spacial score (nSPS) is 24.5. The number of anilines is 1. The summed E-state index contributed by atoms with van der Waals surface area (Å²) < 4.78 is 6.13. The number of aliphatic hydroxyl groups is 1. The van der Waals surface area contributed by atoms with E-state index in [9.17, 15) is 9.90 Å². The Bertz CT molecular complexity index is 1100. The summed E-state index contributed by atoms with van der Waals surface area (Å²) in [5, 5.41) is 15.0. The third kappa shape index (κ3) is 1.99. The molecule has 1 aliphatic carbocycles. The van der Waals surface area contributed by atoms with Gasteiger partial charge < -0.3 is 15.2 Å². The van der Waals surface area contributed by atoms with Crippen molar-refractivity contribution in [2.75, 3.05) is 5.32 Å². The first-order chi connectivity index (χ1) is 13.5. The van der Waals surface area contributed by atoms with Gasteiger partial charge in [0.25, 0.3) is 5.79 Å². The lowest BCUT2D eigenvalue weighted by atomic mass is 9.82. The number of hydrogen-bond donors (Lipinski definition) is 2. The Labute approximate surface area is 163 Å². The van der Waals surface area contributed by atoms with Gasteiger partial charge in [0.2, 0.25) is 11.3 Å². The van der Waals surface area contributed by atoms with Crippen molar-refractivity contribution in [3.63, 3.8) is 0 Å². The maximum absolute atomic E-state index is 13.7. The molecule has 0 fully saturated rings. The fraction of sp³-hybridized carbons (Fsp3) is 0.217. The van der Waals surface area contributed by atoms with Gasteiger partial charge in [-0.25, -0.2) is 4.98 Å². The van der Waals surface area contributed by atoms with Gasteiger partial charge in [-0.2, -0.15) is 0 Å². The number of nitrogens with one attached hydrogen (secondary N) is 1. The lowest BCUT2D eigenvalue weighted by Crippen LogP contribution is -2.54. The molecule has 2 atom stereocenters. The summed E-state index contributed by atoms with van der Waals surface area (Å²) >= 11 is 0. The summed E-state index contributed by atoms with van der Waals surface area (Å²) in [5.74, 6) is -0.777. The zero-order chi connectivity index (χ0) is 19.5. The molecule has 0 saturated heterocycles. The van der Waals surface area contributed by atoms with Crippen LogP contribution in [0.1, 0.15) is 46.8 Å². The number of ketones is 1. The zero-order valence-corrected chi connectivity index (χ0v) is 15.6. The molecule has 2 aliphatic rings. The van der Waals surface area contributed by atoms with Crippen molar-refractivity contribution < 1.29 is 14.6 Å². The SMILES string of the molecule is CC(C)c1ccc2c(c1)OC1(O)c3ccccc3C(=O)C21Nc1ccccn1. The van der Waals surface area contributed by atoms with E-state index in [1.807, 2.05) is 24.3 Å². The van der Waals surface area contributed by atoms with Crippen LogP contribution in [-0.2, 0) is 11.3 Å². The molecule has 2 unspecified atom stereocenters. The number of aromatic nitrogens is 1. The van der Waals surface area contributed by atoms with E-state index in [-0.39, 0.29) is 5.78 Å². The molecule has 0 spiro atoms. The smallest absolute Gasteiger partial charge is 0.271 e. The van der Waals surface area contributed by atoms with Gasteiger partial charge in [0.1, 0.15) is 11.6 Å². The second-order valence-electron chi connectivity index (χ2n) is 7.62. The molecule has 0 radical (unpaired) electrons. The second kappa shape index (κ2) is 5.66. The number of benzene rings is 2. The Morgan fingerprint density at radius 3 is 2.57 bits per heavy atom. The molecule has 1 aliphatic heterocycles. The van der Waals surface area contributed by atoms with Crippen LogP contribution in [0.2, 0.25) is 0 Å². The Morgan fingerprint density at radius 2 is 1.82 bits per heavy atom. The number of pyridine rings is 1. The topological polar surface area (TPSA) is 71.5 Å². The van der Waals surface area contributed by atoms with Crippen molar-refractivity contribution in [2.24, 2.45) is 0 Å². The number of fused-ring (bicyclic) bond motifs is 5. The number of ether oxygens (including phenoxy) is 1. The third-order valence-corrected chi connectivity index (χ3v) is 5.70. The molecule has 0 saturated carbocycles. The van der Waals surface area contributed by atoms with E-state index in [1.165, 1.54) is 0 Å². The van der Waals surface area contributed by atoms with Crippen molar-refractivity contribution in [3.05, 3.63) is 89.1 Å². The van der Waals surface area contributed by atoms with Gasteiger partial charge in [-0.1, -0.05) is 56.3 Å². The van der Waals surface area contributed by atoms with Crippen molar-refractivity contribution in [2.45, 2.75) is 31.1 Å². The van der Waals surface area contributed by atoms with E-state index in [0.29, 0.717) is 34.2 Å². The predicted molar refractivity (Wildman–Crippen MR) is 105 cm³/mol. The highest BCUT2D eigenvalue weighted by atomic mass is 16.6. The molecule has 5 rings (SSSR count). The summed E-state index contributed by atoms with van der Waals surface area (Å²) in [6.45, 7) is 4.18. The maximum Gasteiger partial charge on any atom is 0.271 e. The quantitative estimate of drug-likeness (QED) is 0.728. The largest absolute Gasteiger partial charge is 0.454 e. The Balaban J connectivity index is 1.77. The van der Waals surface area contributed by atoms with Gasteiger partial charge in [-0.05, 0) is 29.7 Å². The highest BCUT2D eigenvalue weighted by molar-refractivity contribution is 6.12. The molecule has 5 heteroatoms. The number of hydrogen-bond acceptors (Lipinski definition) is 5. The van der Waals surface area contributed by atoms with E-state index in [4.69, 9.17) is 4.74 Å². The number of rotatable bonds is 3. The van der Waals surface area contributed by atoms with E-state index in [1.54, 1.807) is 42.6 Å². The first-order valence-corrected chi connectivity index (χ1v) is 9.37. The molecule has 3 aromatic rings. The standard InChI is InChI=1S/C23H20N2O3/c1-14(2)15-10-11-18-19(13-15)28-23(27)17-8-4-3-7-16(17)21(26)22(18,23)25-20-9-5-6-12-24-20/h3-14,27H,1-2H3,(H,24,25). The van der Waals surface area contributed by atoms with Gasteiger partial charge in [0.05, 0.1) is 0 Å². The molecule has 140 valence electrons. The van der Waals surface area contributed by atoms with Gasteiger partial charge >= 0.3 is 0 Å². The molecule has 2 heterocycles. The number of nitrogens with zero attached hydrogens (tertiary/aromatic N) is 1. The highest BCUT2D eigenvalue weighted by Crippen LogP contribution is 2.59. The van der Waals surface area contributed by atoms with Crippen LogP contribution in [0.5, 0.6) is 5.75 Å². The summed E-state index contributed by atoms with van der Waals surface area (Å²) in [4.78, 5) is 18.0. The van der Waals surface area contributed by atoms with Crippen LogP contribution in [0, 0.1) is 0 Å². The predicted octanol–water partition coefficient (Wildman–Crippen LogP) is 3.95. The van der Waals surface area contributed by atoms with Crippen molar-refractivity contribution in [3.8, 4) is 5.75 Å². The summed E-state index contributed by atoms with van der Waals surface area (Å²) in [6.07, 6.45) is 1.64. The Morgan fingerprint density at radius 1 is 1.04 bits per heavy atom. The molecular formula is C23H20N2O3. The van der Waals surface area contributed by atoms with Crippen LogP contribution < -0.4 is 10.1 Å². The maximum atomic E-state index is 13.7. The Hall–Kier alpha value is -3.18. The number of Topliss-reactive ketones (excluding diaryl/α,β-unsaturated/α-hetero) is 1. The van der Waals surface area contributed by atoms with Crippen molar-refractivity contribution in [1.82, 2.24) is 4.98 Å². The molecule has 1 aromatic heterocycles. The molecule has 2 N–H and O–H groups in total. The first kappa shape index (κ1) is 17.0. The van der Waals surface area contributed by atoms with Gasteiger partial charge in [0.15, 0.2) is 0 Å². The second-order valence-corrected chi connectivity index (χ2v) is 7.62. The zero-order valence-electron chi connectivity index (χ0n) is 15.6. The van der Waals surface area contributed by atoms with Crippen LogP contribution >= 0.6 is 0 Å². The lowest BCUT2D eigenvalue weighted by Gasteiger charge is -2.34. The summed E-state index contributed by atoms with van der Waals surface area (Å²) in [6, 6.07) is 18.2. The molecule has 5 nitrogen and oxygen atoms in total. The van der Waals surface area contributed by atoms with Gasteiger partial charge in [0, 0.05) is 22.9 Å². The summed E-state index contributed by atoms with van der Waals surface area (Å²) in [5.41, 5.74) is 1.12. The molecular weight excluding hydrogens is 352 g/mol. The molecule has 0 bridgehead atoms. The Kier molecular flexibility index (Phi) is 3.43. The van der Waals surface area contributed by atoms with Crippen LogP contribution in [-0.4, -0.2) is 15.9 Å². The fourth-order valence-electron chi connectivity index (χ4n) is 4.26. The molecule has 28 heavy (non-hydrogen) atoms. The van der Waals surface area contributed by atoms with E-state index in [0.717, 1.165) is 5.56 Å². The van der Waals surface area contributed by atoms with Crippen molar-refractivity contribution in [1.29, 1.82) is 0 Å². The van der Waals surface area contributed by atoms with Crippen LogP contribution in [0.25, 0.3) is 0 Å². The lowest BCUT2D eigenvalue weighted by molar-refractivity contribution is -0.157. The fourth-order valence-corrected chi connectivity index (χ4v) is 4.26. The highest BCUT2D eigenvalue weighted by Gasteiger charge is 2.71. The van der Waals surface area contributed by atoms with Crippen LogP contribution in [0.4, 0.5) is 5.82 Å². The van der Waals surface area contributed by atoms with Gasteiger partial charge in [-0.15, -0.1) is 0 Å². The van der Waals surface area contributed by atoms with Crippen LogP contribution in [0.15, 0.2) is 66.9 Å². The minimum atomic E-state index is -1.85. The van der Waals surface area contributed by atoms with E-state index < -0.39 is 11.3 Å². The molecule has 2 aromatic carbocycles. The minimum Gasteiger partial charge on any atom is -0.454 e. The van der Waals surface area contributed by atoms with Crippen LogP contribution in [0.3, 0.4) is 0 Å². The van der Waals surface area contributed by atoms with Crippen molar-refractivity contribution >= 4 is 11.6 Å². The van der Waals surface area contributed by atoms with E-state index >= 15 is 0 Å². The monoisotopic (exact) mass is 372 g/mol. The third-order valence-electron chi connectivity index (χ3n) is 5.70. The molecule has 0 amide bonds. The first-order valence-electron chi connectivity index (χ1n) is 9.37. The van der Waals surface area contributed by atoms with Gasteiger partial charge in [-0.3, -0.25) is 4.79 Å². The average Bonchev–Trinajstić information content (AvgIpc) is 3.06. The average molecular weight is 372 g/mol.